The Morgan fingerprint density at radius 2 is 2.06 bits per heavy atom. The molecule has 4 rings (SSSR count). The van der Waals surface area contributed by atoms with Crippen LogP contribution in [0.25, 0.3) is 5.57 Å². The second-order valence-electron chi connectivity index (χ2n) is 8.65. The number of halogens is 1. The van der Waals surface area contributed by atoms with Crippen molar-refractivity contribution in [2.75, 3.05) is 25.0 Å². The van der Waals surface area contributed by atoms with Gasteiger partial charge in [0.25, 0.3) is 0 Å². The predicted molar refractivity (Wildman–Crippen MR) is 130 cm³/mol. The fourth-order valence-electron chi connectivity index (χ4n) is 4.47. The molecular weight excluding hydrogens is 417 g/mol. The lowest BCUT2D eigenvalue weighted by Gasteiger charge is -2.35. The molecule has 7 heteroatoms. The van der Waals surface area contributed by atoms with Crippen molar-refractivity contribution in [3.63, 3.8) is 0 Å². The number of nitrogens with two attached hydrogens (primary N) is 1. The Labute approximate surface area is 194 Å². The van der Waals surface area contributed by atoms with Crippen molar-refractivity contribution in [2.45, 2.75) is 44.7 Å². The zero-order valence-corrected chi connectivity index (χ0v) is 19.1. The second kappa shape index (κ2) is 10.1. The van der Waals surface area contributed by atoms with E-state index in [0.29, 0.717) is 11.8 Å². The van der Waals surface area contributed by atoms with E-state index in [1.165, 1.54) is 12.3 Å². The number of nitrogens with zero attached hydrogens (tertiary/aromatic N) is 3. The number of aliphatic imine (C=N–C) groups is 1. The number of hydrogen-bond acceptors (Lipinski definition) is 6. The van der Waals surface area contributed by atoms with E-state index < -0.39 is 5.82 Å². The number of piperidine rings is 1. The van der Waals surface area contributed by atoms with Crippen molar-refractivity contribution >= 4 is 17.5 Å². The fourth-order valence-corrected chi connectivity index (χ4v) is 4.47. The molecule has 1 fully saturated rings. The van der Waals surface area contributed by atoms with Crippen LogP contribution >= 0.6 is 0 Å². The van der Waals surface area contributed by atoms with Crippen LogP contribution in [-0.4, -0.2) is 38.4 Å². The van der Waals surface area contributed by atoms with E-state index >= 15 is 0 Å². The third-order valence-electron chi connectivity index (χ3n) is 6.61. The number of fused-ring (bicyclic) bond motifs is 1. The van der Waals surface area contributed by atoms with Gasteiger partial charge in [-0.3, -0.25) is 4.99 Å². The van der Waals surface area contributed by atoms with Gasteiger partial charge in [-0.15, -0.1) is 0 Å². The van der Waals surface area contributed by atoms with Crippen LogP contribution in [0.3, 0.4) is 0 Å². The minimum atomic E-state index is -0.603. The third kappa shape index (κ3) is 4.71. The molecule has 2 aliphatic heterocycles. The highest BCUT2D eigenvalue weighted by Crippen LogP contribution is 2.43. The average molecular weight is 448 g/mol. The first-order valence-electron chi connectivity index (χ1n) is 11.4. The number of allylic oxidation sites excluding steroid dienone is 1. The molecule has 1 unspecified atom stereocenters. The maximum atomic E-state index is 14.3. The van der Waals surface area contributed by atoms with Crippen LogP contribution in [0.2, 0.25) is 0 Å². The molecule has 1 atom stereocenters. The standard InChI is InChI=1S/C26H30FN5O/c1-17-6-7-21-24(32(17)2)9-8-20(18(14-28)16-31-19-10-12-30-13-11-19)26(21)33-25-5-3-4-23(27)22(25)15-29/h3-5,8-9,14,16-17,19,30H,6-7,10-13,28H2,1-2H3. The first-order valence-corrected chi connectivity index (χ1v) is 11.4. The SMILES string of the molecule is CC1CCc2c(ccc(C(C=NC3CCNCC3)=CN)c2Oc2cccc(F)c2C#N)N1C. The molecule has 0 saturated carbocycles. The van der Waals surface area contributed by atoms with Crippen LogP contribution < -0.4 is 20.7 Å². The Kier molecular flexibility index (Phi) is 6.95. The molecule has 2 aromatic carbocycles. The molecule has 1 saturated heterocycles. The summed E-state index contributed by atoms with van der Waals surface area (Å²) in [4.78, 5) is 7.00. The van der Waals surface area contributed by atoms with Gasteiger partial charge < -0.3 is 20.7 Å². The molecule has 3 N–H and O–H groups in total. The number of nitrogens with one attached hydrogen (secondary N) is 1. The van der Waals surface area contributed by atoms with Gasteiger partial charge >= 0.3 is 0 Å². The summed E-state index contributed by atoms with van der Waals surface area (Å²) in [6.07, 6.45) is 7.09. The van der Waals surface area contributed by atoms with Crippen LogP contribution in [0.4, 0.5) is 10.1 Å². The third-order valence-corrected chi connectivity index (χ3v) is 6.61. The zero-order chi connectivity index (χ0) is 23.4. The minimum absolute atomic E-state index is 0.111. The molecule has 2 aliphatic rings. The molecule has 0 radical (unpaired) electrons. The van der Waals surface area contributed by atoms with Gasteiger partial charge in [-0.25, -0.2) is 4.39 Å². The minimum Gasteiger partial charge on any atom is -0.455 e. The number of rotatable bonds is 5. The summed E-state index contributed by atoms with van der Waals surface area (Å²) < 4.78 is 20.6. The summed E-state index contributed by atoms with van der Waals surface area (Å²) in [7, 11) is 2.06. The Bertz CT molecular complexity index is 1110. The Morgan fingerprint density at radius 1 is 1.27 bits per heavy atom. The number of anilines is 1. The number of nitriles is 1. The van der Waals surface area contributed by atoms with E-state index in [2.05, 4.69) is 30.3 Å². The van der Waals surface area contributed by atoms with Gasteiger partial charge in [-0.2, -0.15) is 5.26 Å². The molecule has 2 aromatic rings. The van der Waals surface area contributed by atoms with E-state index in [0.717, 1.165) is 61.2 Å². The van der Waals surface area contributed by atoms with Crippen molar-refractivity contribution in [3.05, 3.63) is 59.0 Å². The Hall–Kier alpha value is -3.37. The molecule has 33 heavy (non-hydrogen) atoms. The molecule has 0 spiro atoms. The summed E-state index contributed by atoms with van der Waals surface area (Å²) in [5.41, 5.74) is 9.54. The van der Waals surface area contributed by atoms with Crippen molar-refractivity contribution in [1.82, 2.24) is 5.32 Å². The van der Waals surface area contributed by atoms with Crippen LogP contribution in [0.1, 0.15) is 42.9 Å². The van der Waals surface area contributed by atoms with Gasteiger partial charge in [-0.1, -0.05) is 6.07 Å². The normalized spacial score (nSPS) is 19.4. The van der Waals surface area contributed by atoms with Gasteiger partial charge in [0.1, 0.15) is 28.9 Å². The van der Waals surface area contributed by atoms with Crippen LogP contribution in [0, 0.1) is 17.1 Å². The second-order valence-corrected chi connectivity index (χ2v) is 8.65. The predicted octanol–water partition coefficient (Wildman–Crippen LogP) is 4.38. The van der Waals surface area contributed by atoms with Gasteiger partial charge in [0.2, 0.25) is 0 Å². The number of hydrogen-bond donors (Lipinski definition) is 2. The van der Waals surface area contributed by atoms with Gasteiger partial charge in [0.05, 0.1) is 6.04 Å². The number of ether oxygens (including phenoxy) is 1. The maximum absolute atomic E-state index is 14.3. The lowest BCUT2D eigenvalue weighted by Crippen LogP contribution is -2.33. The smallest absolute Gasteiger partial charge is 0.148 e. The summed E-state index contributed by atoms with van der Waals surface area (Å²) in [6, 6.07) is 11.1. The van der Waals surface area contributed by atoms with E-state index in [1.807, 2.05) is 18.4 Å². The first kappa shape index (κ1) is 22.8. The van der Waals surface area contributed by atoms with Crippen molar-refractivity contribution in [1.29, 1.82) is 5.26 Å². The quantitative estimate of drug-likeness (QED) is 0.664. The maximum Gasteiger partial charge on any atom is 0.148 e. The molecule has 6 nitrogen and oxygen atoms in total. The molecule has 172 valence electrons. The average Bonchev–Trinajstić information content (AvgIpc) is 2.83. The fraction of sp³-hybridized carbons (Fsp3) is 0.385. The van der Waals surface area contributed by atoms with E-state index in [1.54, 1.807) is 12.1 Å². The molecule has 0 aromatic heterocycles. The first-order chi connectivity index (χ1) is 16.0. The van der Waals surface area contributed by atoms with Crippen LogP contribution in [0.5, 0.6) is 11.5 Å². The Morgan fingerprint density at radius 3 is 2.79 bits per heavy atom. The number of benzene rings is 2. The Balaban J connectivity index is 1.79. The highest BCUT2D eigenvalue weighted by Gasteiger charge is 2.27. The van der Waals surface area contributed by atoms with Gasteiger partial charge in [0.15, 0.2) is 0 Å². The van der Waals surface area contributed by atoms with E-state index in [9.17, 15) is 9.65 Å². The molecule has 0 amide bonds. The van der Waals surface area contributed by atoms with Crippen LogP contribution in [-0.2, 0) is 6.42 Å². The largest absolute Gasteiger partial charge is 0.455 e. The highest BCUT2D eigenvalue weighted by atomic mass is 19.1. The summed E-state index contributed by atoms with van der Waals surface area (Å²) >= 11 is 0. The van der Waals surface area contributed by atoms with E-state index in [-0.39, 0.29) is 17.4 Å². The van der Waals surface area contributed by atoms with Crippen LogP contribution in [0.15, 0.2) is 41.5 Å². The molecule has 0 aliphatic carbocycles. The summed E-state index contributed by atoms with van der Waals surface area (Å²) in [5, 5.41) is 12.9. The zero-order valence-electron chi connectivity index (χ0n) is 19.1. The molecule has 2 heterocycles. The summed E-state index contributed by atoms with van der Waals surface area (Å²) in [5.74, 6) is 0.191. The van der Waals surface area contributed by atoms with Gasteiger partial charge in [-0.05, 0) is 70.0 Å². The van der Waals surface area contributed by atoms with Crippen molar-refractivity contribution in [3.8, 4) is 17.6 Å². The molecule has 0 bridgehead atoms. The van der Waals surface area contributed by atoms with Crippen molar-refractivity contribution in [2.24, 2.45) is 10.7 Å². The topological polar surface area (TPSA) is 86.7 Å². The van der Waals surface area contributed by atoms with Gasteiger partial charge in [0, 0.05) is 47.9 Å². The van der Waals surface area contributed by atoms with Crippen molar-refractivity contribution < 1.29 is 9.13 Å². The lowest BCUT2D eigenvalue weighted by atomic mass is 9.92. The molecular formula is C26H30FN5O. The highest BCUT2D eigenvalue weighted by molar-refractivity contribution is 6.11. The lowest BCUT2D eigenvalue weighted by molar-refractivity contribution is 0.459. The summed E-state index contributed by atoms with van der Waals surface area (Å²) in [6.45, 7) is 4.10. The van der Waals surface area contributed by atoms with E-state index in [4.69, 9.17) is 15.5 Å². The monoisotopic (exact) mass is 447 g/mol.